The summed E-state index contributed by atoms with van der Waals surface area (Å²) in [5.74, 6) is 1.22. The second kappa shape index (κ2) is 11.3. The first-order valence-electron chi connectivity index (χ1n) is 16.4. The van der Waals surface area contributed by atoms with E-state index in [0.717, 1.165) is 31.2 Å². The van der Waals surface area contributed by atoms with Crippen LogP contribution in [0.2, 0.25) is 0 Å². The van der Waals surface area contributed by atoms with Gasteiger partial charge in [0, 0.05) is 23.3 Å². The van der Waals surface area contributed by atoms with Crippen LogP contribution in [0.25, 0.3) is 22.4 Å². The zero-order valence-corrected chi connectivity index (χ0v) is 27.4. The van der Waals surface area contributed by atoms with Crippen LogP contribution in [0.5, 0.6) is 11.6 Å². The van der Waals surface area contributed by atoms with Gasteiger partial charge in [-0.3, -0.25) is 9.59 Å². The molecule has 0 unspecified atom stereocenters. The van der Waals surface area contributed by atoms with Crippen LogP contribution in [0.4, 0.5) is 5.95 Å². The number of imidazole rings is 1. The Balaban J connectivity index is 1.11. The number of allylic oxidation sites excluding steroid dienone is 1. The number of ketones is 1. The van der Waals surface area contributed by atoms with Crippen molar-refractivity contribution in [3.63, 3.8) is 0 Å². The number of carbonyl (C=O) groups is 2. The zero-order valence-electron chi connectivity index (χ0n) is 27.4. The first-order chi connectivity index (χ1) is 22.4. The maximum Gasteiger partial charge on any atom is 0.328 e. The van der Waals surface area contributed by atoms with Crippen LogP contribution >= 0.6 is 0 Å². The fourth-order valence-electron chi connectivity index (χ4n) is 9.09. The third-order valence-corrected chi connectivity index (χ3v) is 11.8. The number of nitrogen functional groups attached to an aromatic ring is 1. The van der Waals surface area contributed by atoms with Crippen molar-refractivity contribution in [1.82, 2.24) is 34.9 Å². The van der Waals surface area contributed by atoms with Crippen LogP contribution in [0.15, 0.2) is 49.4 Å². The minimum absolute atomic E-state index is 0.0586. The third kappa shape index (κ3) is 5.18. The Bertz CT molecular complexity index is 1870. The van der Waals surface area contributed by atoms with Gasteiger partial charge in [-0.25, -0.2) is 9.67 Å². The predicted octanol–water partition coefficient (Wildman–Crippen LogP) is 5.92. The van der Waals surface area contributed by atoms with Crippen LogP contribution < -0.4 is 10.5 Å². The van der Waals surface area contributed by atoms with E-state index >= 15 is 0 Å². The zero-order chi connectivity index (χ0) is 33.1. The van der Waals surface area contributed by atoms with Crippen LogP contribution in [0.1, 0.15) is 66.2 Å². The minimum Gasteiger partial charge on any atom is -0.460 e. The molecule has 3 aromatic heterocycles. The van der Waals surface area contributed by atoms with Crippen molar-refractivity contribution in [2.75, 3.05) is 5.73 Å². The largest absolute Gasteiger partial charge is 0.460 e. The number of aromatic amines is 1. The number of H-pyrrole nitrogens is 1. The molecule has 0 spiro atoms. The number of esters is 1. The molecule has 3 heterocycles. The smallest absolute Gasteiger partial charge is 0.328 e. The molecule has 4 aromatic rings. The SMILES string of the molecule is C=C[C@@]1(C)C[C@H](C)[C@]23CCC(=O)[C@H]2[C@@](C)([C@H](C)CC3)[C@H](OC(=O)Cn2cc(-c3cccc(Oc4nc(N)nc5[nH]cnc45)c3)nn2)C1. The topological polar surface area (TPSA) is 164 Å². The number of anilines is 1. The van der Waals surface area contributed by atoms with E-state index in [2.05, 4.69) is 64.5 Å². The Morgan fingerprint density at radius 1 is 1.19 bits per heavy atom. The molecular weight excluding hydrogens is 596 g/mol. The van der Waals surface area contributed by atoms with E-state index in [-0.39, 0.29) is 41.0 Å². The molecule has 47 heavy (non-hydrogen) atoms. The number of rotatable bonds is 7. The van der Waals surface area contributed by atoms with Crippen LogP contribution in [-0.2, 0) is 20.9 Å². The average molecular weight is 639 g/mol. The molecule has 3 saturated carbocycles. The van der Waals surface area contributed by atoms with Gasteiger partial charge >= 0.3 is 5.97 Å². The Morgan fingerprint density at radius 3 is 2.83 bits per heavy atom. The number of hydrogen-bond donors (Lipinski definition) is 2. The van der Waals surface area contributed by atoms with Gasteiger partial charge in [-0.05, 0) is 66.9 Å². The lowest BCUT2D eigenvalue weighted by Gasteiger charge is -2.60. The number of hydrogen-bond acceptors (Lipinski definition) is 10. The molecule has 0 amide bonds. The van der Waals surface area contributed by atoms with E-state index in [4.69, 9.17) is 15.2 Å². The molecule has 0 saturated heterocycles. The maximum absolute atomic E-state index is 13.7. The highest BCUT2D eigenvalue weighted by molar-refractivity contribution is 5.85. The summed E-state index contributed by atoms with van der Waals surface area (Å²) in [5, 5.41) is 8.56. The highest BCUT2D eigenvalue weighted by Gasteiger charge is 2.66. The van der Waals surface area contributed by atoms with Crippen molar-refractivity contribution in [1.29, 1.82) is 0 Å². The monoisotopic (exact) mass is 638 g/mol. The number of ether oxygens (including phenoxy) is 2. The number of benzene rings is 1. The molecule has 3 N–H and O–H groups in total. The molecule has 246 valence electrons. The number of nitrogens with two attached hydrogens (primary N) is 1. The maximum atomic E-state index is 13.7. The summed E-state index contributed by atoms with van der Waals surface area (Å²) in [7, 11) is 0. The Kier molecular flexibility index (Phi) is 7.44. The highest BCUT2D eigenvalue weighted by Crippen LogP contribution is 2.68. The van der Waals surface area contributed by atoms with Crippen molar-refractivity contribution in [3.05, 3.63) is 49.4 Å². The second-order valence-corrected chi connectivity index (χ2v) is 14.5. The first kappa shape index (κ1) is 31.0. The molecule has 12 nitrogen and oxygen atoms in total. The molecule has 7 atom stereocenters. The predicted molar refractivity (Wildman–Crippen MR) is 175 cm³/mol. The van der Waals surface area contributed by atoms with E-state index in [1.807, 2.05) is 18.2 Å². The molecule has 2 bridgehead atoms. The van der Waals surface area contributed by atoms with Crippen molar-refractivity contribution >= 4 is 28.9 Å². The number of carbonyl (C=O) groups excluding carboxylic acids is 2. The average Bonchev–Trinajstić information content (AvgIpc) is 3.78. The molecule has 12 heteroatoms. The lowest BCUT2D eigenvalue weighted by molar-refractivity contribution is -0.192. The lowest BCUT2D eigenvalue weighted by atomic mass is 9.44. The number of nitrogens with one attached hydrogen (secondary N) is 1. The molecule has 1 aromatic carbocycles. The lowest BCUT2D eigenvalue weighted by Crippen LogP contribution is -2.60. The molecular formula is C35H42N8O4. The highest BCUT2D eigenvalue weighted by atomic mass is 16.5. The van der Waals surface area contributed by atoms with E-state index in [9.17, 15) is 9.59 Å². The summed E-state index contributed by atoms with van der Waals surface area (Å²) in [5.41, 5.74) is 7.32. The normalized spacial score (nSPS) is 32.0. The van der Waals surface area contributed by atoms with Gasteiger partial charge in [-0.15, -0.1) is 11.7 Å². The molecule has 0 radical (unpaired) electrons. The van der Waals surface area contributed by atoms with Crippen LogP contribution in [0.3, 0.4) is 0 Å². The van der Waals surface area contributed by atoms with E-state index in [1.165, 1.54) is 11.0 Å². The minimum atomic E-state index is -0.468. The standard InChI is InChI=1S/C35H42N8O4/c1-6-33(4)15-21(3)35-12-10-20(2)34(5,29(35)25(44)11-13-35)26(16-33)47-27(45)18-43-17-24(41-42-43)22-8-7-9-23(14-22)46-31-28-30(38-19-37-28)39-32(36)40-31/h6-9,14,17,19-21,26,29H,1,10-13,15-16,18H2,2-5H3,(H3,36,37,38,39,40)/t20-,21+,26-,29+,33+,34+,35+/m1/s1. The van der Waals surface area contributed by atoms with Gasteiger partial charge in [-0.2, -0.15) is 9.97 Å². The summed E-state index contributed by atoms with van der Waals surface area (Å²) < 4.78 is 13.9. The van der Waals surface area contributed by atoms with Crippen molar-refractivity contribution < 1.29 is 19.1 Å². The number of fused-ring (bicyclic) bond motifs is 1. The van der Waals surface area contributed by atoms with Gasteiger partial charge in [0.1, 0.15) is 29.9 Å². The summed E-state index contributed by atoms with van der Waals surface area (Å²) >= 11 is 0. The second-order valence-electron chi connectivity index (χ2n) is 14.5. The van der Waals surface area contributed by atoms with Gasteiger partial charge in [0.15, 0.2) is 11.2 Å². The number of aromatic nitrogens is 7. The van der Waals surface area contributed by atoms with E-state index in [0.29, 0.717) is 47.2 Å². The summed E-state index contributed by atoms with van der Waals surface area (Å²) in [6, 6.07) is 7.28. The summed E-state index contributed by atoms with van der Waals surface area (Å²) in [6.07, 6.45) is 9.95. The fraction of sp³-hybridized carbons (Fsp3) is 0.514. The van der Waals surface area contributed by atoms with Crippen molar-refractivity contribution in [2.45, 2.75) is 78.9 Å². The summed E-state index contributed by atoms with van der Waals surface area (Å²) in [4.78, 5) is 42.8. The fourth-order valence-corrected chi connectivity index (χ4v) is 9.09. The molecule has 3 aliphatic carbocycles. The Labute approximate surface area is 273 Å². The number of nitrogens with zero attached hydrogens (tertiary/aromatic N) is 6. The Hall–Kier alpha value is -4.61. The molecule has 3 fully saturated rings. The molecule has 0 aliphatic heterocycles. The van der Waals surface area contributed by atoms with Gasteiger partial charge in [-0.1, -0.05) is 51.1 Å². The quantitative estimate of drug-likeness (QED) is 0.183. The first-order valence-corrected chi connectivity index (χ1v) is 16.4. The van der Waals surface area contributed by atoms with Crippen molar-refractivity contribution in [3.8, 4) is 22.9 Å². The van der Waals surface area contributed by atoms with Gasteiger partial charge in [0.25, 0.3) is 5.88 Å². The van der Waals surface area contributed by atoms with E-state index in [1.54, 1.807) is 18.3 Å². The van der Waals surface area contributed by atoms with Crippen LogP contribution in [0, 0.1) is 34.0 Å². The van der Waals surface area contributed by atoms with Gasteiger partial charge < -0.3 is 20.2 Å². The van der Waals surface area contributed by atoms with E-state index < -0.39 is 17.5 Å². The Morgan fingerprint density at radius 2 is 2.02 bits per heavy atom. The van der Waals surface area contributed by atoms with Gasteiger partial charge in [0.05, 0.1) is 12.5 Å². The third-order valence-electron chi connectivity index (χ3n) is 11.8. The van der Waals surface area contributed by atoms with Crippen molar-refractivity contribution in [2.24, 2.45) is 34.0 Å². The molecule has 3 aliphatic rings. The van der Waals surface area contributed by atoms with Gasteiger partial charge in [0.2, 0.25) is 5.95 Å². The van der Waals surface area contributed by atoms with Crippen LogP contribution in [-0.4, -0.2) is 52.8 Å². The summed E-state index contributed by atoms with van der Waals surface area (Å²) in [6.45, 7) is 13.1. The molecule has 7 rings (SSSR count). The number of Topliss-reactive ketones (excluding diaryl/α,β-unsaturated/α-hetero) is 1.